The van der Waals surface area contributed by atoms with Crippen LogP contribution in [-0.2, 0) is 10.0 Å². The molecule has 0 aliphatic carbocycles. The van der Waals surface area contributed by atoms with E-state index in [9.17, 15) is 8.42 Å². The van der Waals surface area contributed by atoms with E-state index in [1.165, 1.54) is 18.2 Å². The number of nitrogen functional groups attached to an aromatic ring is 1. The summed E-state index contributed by atoms with van der Waals surface area (Å²) in [6.45, 7) is 3.63. The van der Waals surface area contributed by atoms with Crippen molar-refractivity contribution in [3.63, 3.8) is 0 Å². The van der Waals surface area contributed by atoms with Crippen LogP contribution in [0.5, 0.6) is 11.5 Å². The first-order valence-electron chi connectivity index (χ1n) is 9.71. The minimum atomic E-state index is -4.14. The molecule has 3 rings (SSSR count). The van der Waals surface area contributed by atoms with Crippen molar-refractivity contribution in [3.05, 3.63) is 76.9 Å². The Bertz CT molecular complexity index is 1410. The third-order valence-corrected chi connectivity index (χ3v) is 5.69. The van der Waals surface area contributed by atoms with E-state index in [4.69, 9.17) is 26.1 Å². The molecule has 5 N–H and O–H groups in total. The predicted molar refractivity (Wildman–Crippen MR) is 127 cm³/mol. The van der Waals surface area contributed by atoms with Crippen LogP contribution in [0, 0.1) is 36.5 Å². The first-order chi connectivity index (χ1) is 15.6. The van der Waals surface area contributed by atoms with Crippen molar-refractivity contribution >= 4 is 33.2 Å². The lowest BCUT2D eigenvalue weighted by Gasteiger charge is -2.18. The van der Waals surface area contributed by atoms with Gasteiger partial charge in [-0.1, -0.05) is 0 Å². The summed E-state index contributed by atoms with van der Waals surface area (Å²) >= 11 is 0. The van der Waals surface area contributed by atoms with Crippen molar-refractivity contribution in [2.24, 2.45) is 5.14 Å². The summed E-state index contributed by atoms with van der Waals surface area (Å²) in [5.74, 6) is 0.470. The van der Waals surface area contributed by atoms with Gasteiger partial charge in [0.25, 0.3) is 0 Å². The summed E-state index contributed by atoms with van der Waals surface area (Å²) in [6.07, 6.45) is 3.04. The first-order valence-corrected chi connectivity index (χ1v) is 11.3. The molecule has 0 aliphatic heterocycles. The number of primary sulfonamides is 1. The number of nitriles is 2. The molecule has 0 radical (unpaired) electrons. The Morgan fingerprint density at radius 2 is 1.67 bits per heavy atom. The monoisotopic (exact) mass is 459 g/mol. The Morgan fingerprint density at radius 3 is 2.21 bits per heavy atom. The highest BCUT2D eigenvalue weighted by Crippen LogP contribution is 2.38. The summed E-state index contributed by atoms with van der Waals surface area (Å²) in [6, 6.07) is 17.0. The molecule has 3 aromatic carbocycles. The number of hydrogen-bond acceptors (Lipinski definition) is 7. The fourth-order valence-electron chi connectivity index (χ4n) is 3.25. The van der Waals surface area contributed by atoms with Gasteiger partial charge in [-0.2, -0.15) is 10.5 Å². The van der Waals surface area contributed by atoms with E-state index in [1.54, 1.807) is 30.3 Å². The fraction of sp³-hybridized carbons (Fsp3) is 0.0833. The van der Waals surface area contributed by atoms with Gasteiger partial charge in [0.2, 0.25) is 10.0 Å². The number of hydrogen-bond donors (Lipinski definition) is 3. The number of ether oxygens (including phenoxy) is 1. The highest BCUT2D eigenvalue weighted by Gasteiger charge is 2.20. The molecule has 0 saturated heterocycles. The van der Waals surface area contributed by atoms with Crippen molar-refractivity contribution in [1.29, 1.82) is 10.5 Å². The van der Waals surface area contributed by atoms with Gasteiger partial charge >= 0.3 is 0 Å². The molecule has 0 aromatic heterocycles. The van der Waals surface area contributed by atoms with Crippen LogP contribution < -0.4 is 20.9 Å². The molecule has 9 heteroatoms. The maximum absolute atomic E-state index is 12.2. The van der Waals surface area contributed by atoms with Gasteiger partial charge in [-0.25, -0.2) is 13.6 Å². The number of nitrogens with one attached hydrogen (secondary N) is 1. The molecule has 0 atom stereocenters. The van der Waals surface area contributed by atoms with Gasteiger partial charge in [-0.3, -0.25) is 0 Å². The molecule has 0 aliphatic rings. The largest absolute Gasteiger partial charge is 0.455 e. The Hall–Kier alpha value is -4.31. The maximum Gasteiger partial charge on any atom is 0.241 e. The van der Waals surface area contributed by atoms with Gasteiger partial charge in [0.1, 0.15) is 16.4 Å². The topological polar surface area (TPSA) is 155 Å². The maximum atomic E-state index is 12.2. The predicted octanol–water partition coefficient (Wildman–Crippen LogP) is 4.48. The third kappa shape index (κ3) is 5.49. The molecule has 33 heavy (non-hydrogen) atoms. The highest BCUT2D eigenvalue weighted by molar-refractivity contribution is 7.89. The lowest BCUT2D eigenvalue weighted by atomic mass is 10.1. The van der Waals surface area contributed by atoms with Crippen molar-refractivity contribution in [2.75, 3.05) is 11.1 Å². The van der Waals surface area contributed by atoms with Crippen LogP contribution in [0.25, 0.3) is 6.08 Å². The number of rotatable bonds is 6. The second-order valence-corrected chi connectivity index (χ2v) is 8.82. The van der Waals surface area contributed by atoms with Crippen LogP contribution in [0.15, 0.2) is 59.5 Å². The van der Waals surface area contributed by atoms with Crippen molar-refractivity contribution < 1.29 is 13.2 Å². The quantitative estimate of drug-likeness (QED) is 0.362. The smallest absolute Gasteiger partial charge is 0.241 e. The van der Waals surface area contributed by atoms with Gasteiger partial charge in [-0.05, 0) is 79.1 Å². The van der Waals surface area contributed by atoms with E-state index in [1.807, 2.05) is 38.1 Å². The van der Waals surface area contributed by atoms with Crippen molar-refractivity contribution in [3.8, 4) is 23.6 Å². The van der Waals surface area contributed by atoms with Crippen molar-refractivity contribution in [1.82, 2.24) is 0 Å². The van der Waals surface area contributed by atoms with Crippen LogP contribution in [0.4, 0.5) is 17.1 Å². The van der Waals surface area contributed by atoms with Gasteiger partial charge in [0, 0.05) is 17.8 Å². The molecule has 0 heterocycles. The number of anilines is 3. The normalized spacial score (nSPS) is 11.1. The van der Waals surface area contributed by atoms with Gasteiger partial charge in [-0.15, -0.1) is 0 Å². The second-order valence-electron chi connectivity index (χ2n) is 7.29. The summed E-state index contributed by atoms with van der Waals surface area (Å²) < 4.78 is 30.5. The van der Waals surface area contributed by atoms with Crippen LogP contribution >= 0.6 is 0 Å². The molecule has 8 nitrogen and oxygen atoms in total. The number of benzene rings is 3. The van der Waals surface area contributed by atoms with Crippen molar-refractivity contribution in [2.45, 2.75) is 18.7 Å². The van der Waals surface area contributed by atoms with Gasteiger partial charge in [0.05, 0.1) is 29.1 Å². The molecule has 0 bridgehead atoms. The molecular weight excluding hydrogens is 438 g/mol. The zero-order chi connectivity index (χ0) is 24.2. The van der Waals surface area contributed by atoms with E-state index in [0.717, 1.165) is 16.7 Å². The Morgan fingerprint density at radius 1 is 1.03 bits per heavy atom. The number of nitrogens with two attached hydrogens (primary N) is 2. The van der Waals surface area contributed by atoms with E-state index < -0.39 is 10.0 Å². The molecule has 3 aromatic rings. The molecule has 0 unspecified atom stereocenters. The third-order valence-electron chi connectivity index (χ3n) is 4.76. The van der Waals surface area contributed by atoms with E-state index in [-0.39, 0.29) is 16.3 Å². The average Bonchev–Trinajstić information content (AvgIpc) is 2.76. The molecular formula is C24H21N5O3S. The Labute approximate surface area is 192 Å². The summed E-state index contributed by atoms with van der Waals surface area (Å²) in [7, 11) is -4.14. The second kappa shape index (κ2) is 9.45. The van der Waals surface area contributed by atoms with E-state index >= 15 is 0 Å². The Balaban J connectivity index is 2.06. The Kier molecular flexibility index (Phi) is 6.69. The average molecular weight is 460 g/mol. The molecule has 0 amide bonds. The highest BCUT2D eigenvalue weighted by atomic mass is 32.2. The number of allylic oxidation sites excluding steroid dienone is 1. The lowest BCUT2D eigenvalue weighted by molar-refractivity contribution is 0.461. The zero-order valence-electron chi connectivity index (χ0n) is 18.0. The number of aryl methyl sites for hydroxylation is 2. The first kappa shape index (κ1) is 23.4. The minimum absolute atomic E-state index is 0.00867. The van der Waals surface area contributed by atoms with Gasteiger partial charge < -0.3 is 15.8 Å². The number of nitrogens with zero attached hydrogens (tertiary/aromatic N) is 2. The molecule has 166 valence electrons. The number of sulfonamides is 1. The summed E-state index contributed by atoms with van der Waals surface area (Å²) in [5.41, 5.74) is 10.1. The fourth-order valence-corrected chi connectivity index (χ4v) is 3.93. The van der Waals surface area contributed by atoms with Crippen LogP contribution in [0.1, 0.15) is 22.3 Å². The summed E-state index contributed by atoms with van der Waals surface area (Å²) in [5, 5.41) is 26.2. The lowest BCUT2D eigenvalue weighted by Crippen LogP contribution is -2.14. The van der Waals surface area contributed by atoms with E-state index in [2.05, 4.69) is 5.32 Å². The zero-order valence-corrected chi connectivity index (χ0v) is 18.8. The molecule has 0 saturated carbocycles. The molecule has 0 fully saturated rings. The van der Waals surface area contributed by atoms with E-state index in [0.29, 0.717) is 22.7 Å². The van der Waals surface area contributed by atoms with Crippen LogP contribution in [-0.4, -0.2) is 8.42 Å². The summed E-state index contributed by atoms with van der Waals surface area (Å²) in [4.78, 5) is -0.252. The van der Waals surface area contributed by atoms with Crippen LogP contribution in [0.2, 0.25) is 0 Å². The van der Waals surface area contributed by atoms with Gasteiger partial charge in [0.15, 0.2) is 0 Å². The SMILES string of the molecule is Cc1cc(/C=C/C#N)cc(C)c1Oc1cc(Nc2ccc(C#N)cc2)c(N)cc1S(N)(=O)=O. The van der Waals surface area contributed by atoms with Crippen LogP contribution in [0.3, 0.4) is 0 Å². The standard InChI is InChI=1S/C24H21N5O3S/c1-15-10-18(4-3-9-25)11-16(2)24(15)32-22-13-21(20(27)12-23(22)33(28,30)31)29-19-7-5-17(14-26)6-8-19/h3-8,10-13,29H,27H2,1-2H3,(H2,28,30,31)/b4-3+. The molecule has 0 spiro atoms. The minimum Gasteiger partial charge on any atom is -0.455 e.